The lowest BCUT2D eigenvalue weighted by atomic mass is 9.48. The molecule has 4 aliphatic rings. The van der Waals surface area contributed by atoms with Crippen molar-refractivity contribution < 1.29 is 4.39 Å². The molecule has 4 fully saturated rings. The molecule has 21 heavy (non-hydrogen) atoms. The molecule has 1 N–H and O–H groups in total. The first kappa shape index (κ1) is 13.8. The Labute approximate surface area is 127 Å². The van der Waals surface area contributed by atoms with Gasteiger partial charge in [-0.25, -0.2) is 4.39 Å². The molecule has 4 bridgehead atoms. The van der Waals surface area contributed by atoms with Crippen LogP contribution < -0.4 is 5.32 Å². The molecule has 0 amide bonds. The highest BCUT2D eigenvalue weighted by atomic mass is 19.1. The number of hydrogen-bond donors (Lipinski definition) is 1. The molecule has 0 spiro atoms. The number of hydrogen-bond acceptors (Lipinski definition) is 1. The molecule has 2 heteroatoms. The van der Waals surface area contributed by atoms with Crippen molar-refractivity contribution in [2.75, 3.05) is 7.05 Å². The molecule has 1 nitrogen and oxygen atoms in total. The van der Waals surface area contributed by atoms with Crippen LogP contribution in [0.3, 0.4) is 0 Å². The summed E-state index contributed by atoms with van der Waals surface area (Å²) in [4.78, 5) is 0. The summed E-state index contributed by atoms with van der Waals surface area (Å²) >= 11 is 0. The molecule has 1 aromatic rings. The predicted molar refractivity (Wildman–Crippen MR) is 83.4 cm³/mol. The van der Waals surface area contributed by atoms with E-state index in [2.05, 4.69) is 5.32 Å². The molecule has 1 unspecified atom stereocenters. The van der Waals surface area contributed by atoms with E-state index < -0.39 is 0 Å². The molecule has 0 heterocycles. The summed E-state index contributed by atoms with van der Waals surface area (Å²) in [6.07, 6.45) is 9.73. The molecule has 0 radical (unpaired) electrons. The fourth-order valence-electron chi connectivity index (χ4n) is 6.10. The van der Waals surface area contributed by atoms with Crippen molar-refractivity contribution in [2.45, 2.75) is 51.0 Å². The predicted octanol–water partition coefficient (Wildman–Crippen LogP) is 4.69. The Morgan fingerprint density at radius 3 is 2.19 bits per heavy atom. The van der Waals surface area contributed by atoms with Gasteiger partial charge in [-0.1, -0.05) is 18.2 Å². The highest BCUT2D eigenvalue weighted by Crippen LogP contribution is 2.62. The molecule has 5 rings (SSSR count). The van der Waals surface area contributed by atoms with E-state index in [1.54, 1.807) is 12.1 Å². The molecule has 0 saturated heterocycles. The van der Waals surface area contributed by atoms with Gasteiger partial charge < -0.3 is 5.32 Å². The Hall–Kier alpha value is -0.890. The van der Waals surface area contributed by atoms with Crippen molar-refractivity contribution in [3.05, 3.63) is 35.6 Å². The Bertz CT molecular complexity index is 489. The van der Waals surface area contributed by atoms with Crippen molar-refractivity contribution in [2.24, 2.45) is 23.2 Å². The van der Waals surface area contributed by atoms with Crippen molar-refractivity contribution in [1.29, 1.82) is 0 Å². The molecule has 4 saturated carbocycles. The van der Waals surface area contributed by atoms with Gasteiger partial charge in [0.25, 0.3) is 0 Å². The highest BCUT2D eigenvalue weighted by molar-refractivity contribution is 5.22. The largest absolute Gasteiger partial charge is 0.313 e. The fourth-order valence-corrected chi connectivity index (χ4v) is 6.10. The van der Waals surface area contributed by atoms with E-state index in [-0.39, 0.29) is 11.9 Å². The summed E-state index contributed by atoms with van der Waals surface area (Å²) in [5.74, 6) is 2.85. The minimum atomic E-state index is -0.0541. The van der Waals surface area contributed by atoms with Gasteiger partial charge in [0.05, 0.1) is 0 Å². The zero-order chi connectivity index (χ0) is 14.4. The van der Waals surface area contributed by atoms with Crippen LogP contribution in [0.15, 0.2) is 24.3 Å². The maximum atomic E-state index is 14.1. The van der Waals surface area contributed by atoms with Crippen molar-refractivity contribution in [3.8, 4) is 0 Å². The van der Waals surface area contributed by atoms with Gasteiger partial charge in [0, 0.05) is 11.6 Å². The lowest BCUT2D eigenvalue weighted by Gasteiger charge is -2.57. The van der Waals surface area contributed by atoms with E-state index in [1.807, 2.05) is 19.2 Å². The van der Waals surface area contributed by atoms with Gasteiger partial charge in [-0.3, -0.25) is 0 Å². The second-order valence-electron chi connectivity index (χ2n) is 7.98. The van der Waals surface area contributed by atoms with E-state index in [1.165, 1.54) is 38.5 Å². The number of rotatable bonds is 4. The van der Waals surface area contributed by atoms with Crippen LogP contribution in [0.2, 0.25) is 0 Å². The SMILES string of the molecule is CNC(CC12CC3CC(CC(C3)C1)C2)c1ccccc1F. The molecule has 0 aromatic heterocycles. The first-order valence-corrected chi connectivity index (χ1v) is 8.59. The summed E-state index contributed by atoms with van der Waals surface area (Å²) in [6, 6.07) is 7.47. The maximum Gasteiger partial charge on any atom is 0.127 e. The molecular formula is C19H26FN. The maximum absolute atomic E-state index is 14.1. The lowest BCUT2D eigenvalue weighted by molar-refractivity contribution is -0.0620. The molecule has 1 atom stereocenters. The first-order chi connectivity index (χ1) is 10.2. The number of benzene rings is 1. The zero-order valence-corrected chi connectivity index (χ0v) is 12.9. The lowest BCUT2D eigenvalue weighted by Crippen LogP contribution is -2.47. The first-order valence-electron chi connectivity index (χ1n) is 8.59. The summed E-state index contributed by atoms with van der Waals surface area (Å²) in [6.45, 7) is 0. The smallest absolute Gasteiger partial charge is 0.127 e. The van der Waals surface area contributed by atoms with Crippen LogP contribution in [0.25, 0.3) is 0 Å². The van der Waals surface area contributed by atoms with E-state index >= 15 is 0 Å². The Balaban J connectivity index is 1.58. The van der Waals surface area contributed by atoms with Crippen LogP contribution >= 0.6 is 0 Å². The van der Waals surface area contributed by atoms with Crippen LogP contribution in [0.1, 0.15) is 56.6 Å². The zero-order valence-electron chi connectivity index (χ0n) is 12.9. The number of nitrogens with one attached hydrogen (secondary N) is 1. The standard InChI is InChI=1S/C19H26FN/c1-21-18(16-4-2-3-5-17(16)20)12-19-9-13-6-14(10-19)8-15(7-13)11-19/h2-5,13-15,18,21H,6-12H2,1H3. The third kappa shape index (κ3) is 2.42. The van der Waals surface area contributed by atoms with Gasteiger partial charge in [0.1, 0.15) is 5.82 Å². The van der Waals surface area contributed by atoms with E-state index in [4.69, 9.17) is 0 Å². The van der Waals surface area contributed by atoms with Gasteiger partial charge in [-0.05, 0) is 81.2 Å². The number of halogens is 1. The van der Waals surface area contributed by atoms with Crippen LogP contribution in [-0.2, 0) is 0 Å². The van der Waals surface area contributed by atoms with Crippen LogP contribution in [0, 0.1) is 29.0 Å². The Kier molecular flexibility index (Phi) is 3.33. The van der Waals surface area contributed by atoms with Crippen molar-refractivity contribution >= 4 is 0 Å². The second kappa shape index (κ2) is 5.08. The van der Waals surface area contributed by atoms with Gasteiger partial charge in [-0.2, -0.15) is 0 Å². The van der Waals surface area contributed by atoms with Gasteiger partial charge in [0.2, 0.25) is 0 Å². The molecule has 4 aliphatic carbocycles. The second-order valence-corrected chi connectivity index (χ2v) is 7.98. The van der Waals surface area contributed by atoms with Crippen LogP contribution in [0.5, 0.6) is 0 Å². The molecular weight excluding hydrogens is 261 g/mol. The topological polar surface area (TPSA) is 12.0 Å². The van der Waals surface area contributed by atoms with E-state index in [0.29, 0.717) is 5.41 Å². The third-order valence-corrected chi connectivity index (χ3v) is 6.43. The molecule has 114 valence electrons. The van der Waals surface area contributed by atoms with Crippen molar-refractivity contribution in [3.63, 3.8) is 0 Å². The van der Waals surface area contributed by atoms with Gasteiger partial charge in [-0.15, -0.1) is 0 Å². The summed E-state index contributed by atoms with van der Waals surface area (Å²) in [7, 11) is 1.98. The Morgan fingerprint density at radius 1 is 1.10 bits per heavy atom. The van der Waals surface area contributed by atoms with Crippen molar-refractivity contribution in [1.82, 2.24) is 5.32 Å². The summed E-state index contributed by atoms with van der Waals surface area (Å²) < 4.78 is 14.1. The Morgan fingerprint density at radius 2 is 1.67 bits per heavy atom. The summed E-state index contributed by atoms with van der Waals surface area (Å²) in [5.41, 5.74) is 1.35. The average molecular weight is 287 g/mol. The van der Waals surface area contributed by atoms with E-state index in [0.717, 1.165) is 29.7 Å². The average Bonchev–Trinajstić information content (AvgIpc) is 2.44. The normalized spacial score (nSPS) is 38.7. The van der Waals surface area contributed by atoms with Crippen LogP contribution in [-0.4, -0.2) is 7.05 Å². The minimum Gasteiger partial charge on any atom is -0.313 e. The summed E-state index contributed by atoms with van der Waals surface area (Å²) in [5, 5.41) is 3.39. The quantitative estimate of drug-likeness (QED) is 0.847. The fraction of sp³-hybridized carbons (Fsp3) is 0.684. The highest BCUT2D eigenvalue weighted by Gasteiger charge is 2.51. The van der Waals surface area contributed by atoms with Gasteiger partial charge >= 0.3 is 0 Å². The van der Waals surface area contributed by atoms with Crippen LogP contribution in [0.4, 0.5) is 4.39 Å². The molecule has 0 aliphatic heterocycles. The van der Waals surface area contributed by atoms with Gasteiger partial charge in [0.15, 0.2) is 0 Å². The monoisotopic (exact) mass is 287 g/mol. The van der Waals surface area contributed by atoms with E-state index in [9.17, 15) is 4.39 Å². The minimum absolute atomic E-state index is 0.0541. The third-order valence-electron chi connectivity index (χ3n) is 6.43. The molecule has 1 aromatic carbocycles.